The Hall–Kier alpha value is -4.28. The van der Waals surface area contributed by atoms with Gasteiger partial charge in [-0.25, -0.2) is 4.98 Å². The monoisotopic (exact) mass is 562 g/mol. The minimum absolute atomic E-state index is 0.00317. The highest BCUT2D eigenvalue weighted by atomic mass is 35.5. The first-order valence-electron chi connectivity index (χ1n) is 12.2. The molecule has 2 atom stereocenters. The van der Waals surface area contributed by atoms with Gasteiger partial charge in [0.25, 0.3) is 0 Å². The van der Waals surface area contributed by atoms with E-state index in [2.05, 4.69) is 31.1 Å². The van der Waals surface area contributed by atoms with Crippen LogP contribution in [0.15, 0.2) is 67.0 Å². The zero-order valence-electron chi connectivity index (χ0n) is 20.8. The van der Waals surface area contributed by atoms with Gasteiger partial charge in [0, 0.05) is 28.6 Å². The van der Waals surface area contributed by atoms with Crippen LogP contribution in [0.1, 0.15) is 37.2 Å². The Kier molecular flexibility index (Phi) is 7.85. The molecule has 2 aromatic heterocycles. The summed E-state index contributed by atoms with van der Waals surface area (Å²) in [6.07, 6.45) is 9.14. The highest BCUT2D eigenvalue weighted by Gasteiger charge is 2.22. The number of anilines is 1. The van der Waals surface area contributed by atoms with E-state index in [1.54, 1.807) is 24.3 Å². The molecule has 10 nitrogen and oxygen atoms in total. The Bertz CT molecular complexity index is 1560. The number of amides is 2. The van der Waals surface area contributed by atoms with Crippen LogP contribution in [0.3, 0.4) is 0 Å². The van der Waals surface area contributed by atoms with E-state index in [0.717, 1.165) is 0 Å². The molecule has 2 aromatic carbocycles. The summed E-state index contributed by atoms with van der Waals surface area (Å²) in [5, 5.41) is 18.0. The molecule has 39 heavy (non-hydrogen) atoms. The molecule has 2 bridgehead atoms. The maximum Gasteiger partial charge on any atom is 0.244 e. The topological polar surface area (TPSA) is 130 Å². The summed E-state index contributed by atoms with van der Waals surface area (Å²) < 4.78 is 1.49. The molecule has 0 saturated carbocycles. The number of hydrogen-bond donors (Lipinski definition) is 3. The van der Waals surface area contributed by atoms with E-state index in [4.69, 9.17) is 28.2 Å². The summed E-state index contributed by atoms with van der Waals surface area (Å²) in [6.45, 7) is 1.96. The molecule has 1 aliphatic rings. The first kappa shape index (κ1) is 26.3. The van der Waals surface area contributed by atoms with Crippen molar-refractivity contribution in [2.24, 2.45) is 5.92 Å². The number of H-pyrrole nitrogens is 1. The molecule has 5 rings (SSSR count). The van der Waals surface area contributed by atoms with Crippen molar-refractivity contribution in [2.45, 2.75) is 25.8 Å². The van der Waals surface area contributed by atoms with E-state index < -0.39 is 6.04 Å². The van der Waals surface area contributed by atoms with Gasteiger partial charge in [0.15, 0.2) is 0 Å². The second-order valence-corrected chi connectivity index (χ2v) is 9.89. The Labute approximate surface area is 234 Å². The Morgan fingerprint density at radius 2 is 2.05 bits per heavy atom. The maximum absolute atomic E-state index is 13.1. The van der Waals surface area contributed by atoms with Crippen molar-refractivity contribution in [2.75, 3.05) is 5.32 Å². The van der Waals surface area contributed by atoms with Crippen molar-refractivity contribution in [1.82, 2.24) is 35.5 Å². The second-order valence-electron chi connectivity index (χ2n) is 9.08. The molecule has 1 aliphatic heterocycles. The number of carbonyl (C=O) groups excluding carboxylic acids is 2. The molecule has 4 aromatic rings. The van der Waals surface area contributed by atoms with Gasteiger partial charge in [0.05, 0.1) is 17.4 Å². The lowest BCUT2D eigenvalue weighted by molar-refractivity contribution is -0.117. The van der Waals surface area contributed by atoms with Crippen LogP contribution < -0.4 is 10.6 Å². The second kappa shape index (κ2) is 11.6. The average molecular weight is 563 g/mol. The molecule has 0 radical (unpaired) electrons. The van der Waals surface area contributed by atoms with Gasteiger partial charge in [-0.1, -0.05) is 60.5 Å². The fourth-order valence-electron chi connectivity index (χ4n) is 4.28. The first-order valence-corrected chi connectivity index (χ1v) is 13.0. The molecule has 0 fully saturated rings. The number of aromatic amines is 1. The highest BCUT2D eigenvalue weighted by molar-refractivity contribution is 6.32. The number of benzene rings is 2. The van der Waals surface area contributed by atoms with Crippen molar-refractivity contribution < 1.29 is 9.59 Å². The molecule has 12 heteroatoms. The summed E-state index contributed by atoms with van der Waals surface area (Å²) >= 11 is 12.7. The summed E-state index contributed by atoms with van der Waals surface area (Å²) in [5.74, 6) is 0.0330. The van der Waals surface area contributed by atoms with Gasteiger partial charge < -0.3 is 15.6 Å². The Morgan fingerprint density at radius 1 is 1.21 bits per heavy atom. The minimum atomic E-state index is -0.508. The Morgan fingerprint density at radius 3 is 2.87 bits per heavy atom. The smallest absolute Gasteiger partial charge is 0.244 e. The van der Waals surface area contributed by atoms with E-state index in [1.807, 2.05) is 43.3 Å². The molecule has 3 heterocycles. The number of allylic oxidation sites excluding steroid dienone is 1. The van der Waals surface area contributed by atoms with Crippen LogP contribution in [0, 0.1) is 5.92 Å². The van der Waals surface area contributed by atoms with Gasteiger partial charge in [-0.3, -0.25) is 9.59 Å². The standard InChI is InChI=1S/C27H24Cl2N8O2/c1-16-5-4-8-21(27-33-25(26(29)34-27)19-6-2-3-7-20(19)31-24(39)13-16)32-23(38)12-9-17-14-18(28)10-11-22(17)37-15-30-35-36-37/h2-7,9-12,14-16,21H,8,13H2,1H3,(H,31,39)(H,32,38)(H,33,34)/b5-4+,12-9+/t16-,21?/m1/s1. The number of tetrazole rings is 1. The summed E-state index contributed by atoms with van der Waals surface area (Å²) in [6, 6.07) is 12.0. The zero-order chi connectivity index (χ0) is 27.4. The summed E-state index contributed by atoms with van der Waals surface area (Å²) in [4.78, 5) is 33.5. The summed E-state index contributed by atoms with van der Waals surface area (Å²) in [7, 11) is 0. The number of carbonyl (C=O) groups is 2. The van der Waals surface area contributed by atoms with Gasteiger partial charge in [0.2, 0.25) is 11.8 Å². The number of fused-ring (bicyclic) bond motifs is 4. The number of rotatable bonds is 4. The molecule has 0 spiro atoms. The summed E-state index contributed by atoms with van der Waals surface area (Å²) in [5.41, 5.74) is 3.10. The molecule has 1 unspecified atom stereocenters. The lowest BCUT2D eigenvalue weighted by Gasteiger charge is -2.14. The van der Waals surface area contributed by atoms with E-state index in [1.165, 1.54) is 17.1 Å². The van der Waals surface area contributed by atoms with Gasteiger partial charge >= 0.3 is 0 Å². The minimum Gasteiger partial charge on any atom is -0.342 e. The molecule has 0 aliphatic carbocycles. The fraction of sp³-hybridized carbons (Fsp3) is 0.185. The van der Waals surface area contributed by atoms with Crippen LogP contribution in [-0.4, -0.2) is 42.0 Å². The van der Waals surface area contributed by atoms with Crippen molar-refractivity contribution in [3.8, 4) is 16.9 Å². The van der Waals surface area contributed by atoms with E-state index >= 15 is 0 Å². The van der Waals surface area contributed by atoms with Crippen LogP contribution in [0.2, 0.25) is 10.2 Å². The van der Waals surface area contributed by atoms with Gasteiger partial charge in [-0.05, 0) is 53.1 Å². The molecule has 2 amide bonds. The number of para-hydroxylation sites is 1. The molecule has 0 saturated heterocycles. The number of halogens is 2. The third kappa shape index (κ3) is 6.24. The van der Waals surface area contributed by atoms with E-state index in [-0.39, 0.29) is 17.7 Å². The molecule has 198 valence electrons. The highest BCUT2D eigenvalue weighted by Crippen LogP contribution is 2.34. The quantitative estimate of drug-likeness (QED) is 0.233. The van der Waals surface area contributed by atoms with Crippen LogP contribution in [-0.2, 0) is 9.59 Å². The Balaban J connectivity index is 1.44. The zero-order valence-corrected chi connectivity index (χ0v) is 22.3. The maximum atomic E-state index is 13.1. The van der Waals surface area contributed by atoms with Crippen LogP contribution >= 0.6 is 23.2 Å². The lowest BCUT2D eigenvalue weighted by Crippen LogP contribution is -2.27. The number of aromatic nitrogens is 6. The number of nitrogens with one attached hydrogen (secondary N) is 3. The number of imidazole rings is 1. The van der Waals surface area contributed by atoms with E-state index in [0.29, 0.717) is 57.0 Å². The van der Waals surface area contributed by atoms with Crippen LogP contribution in [0.25, 0.3) is 23.0 Å². The fourth-order valence-corrected chi connectivity index (χ4v) is 4.70. The lowest BCUT2D eigenvalue weighted by atomic mass is 10.0. The van der Waals surface area contributed by atoms with Gasteiger partial charge in [-0.2, -0.15) is 4.68 Å². The van der Waals surface area contributed by atoms with E-state index in [9.17, 15) is 9.59 Å². The van der Waals surface area contributed by atoms with Crippen LogP contribution in [0.5, 0.6) is 0 Å². The SMILES string of the molecule is C[C@@H]1/C=C/CC(NC(=O)/C=C/c2cc(Cl)ccc2-n2cnnn2)c2nc(c(Cl)[nH]2)-c2ccccc2NC(=O)C1. The van der Waals surface area contributed by atoms with Crippen molar-refractivity contribution in [3.05, 3.63) is 88.6 Å². The third-order valence-electron chi connectivity index (χ3n) is 6.12. The van der Waals surface area contributed by atoms with Crippen LogP contribution in [0.4, 0.5) is 5.69 Å². The molecule has 3 N–H and O–H groups in total. The van der Waals surface area contributed by atoms with Crippen molar-refractivity contribution >= 4 is 46.8 Å². The van der Waals surface area contributed by atoms with Crippen molar-refractivity contribution in [1.29, 1.82) is 0 Å². The molecular formula is C27H24Cl2N8O2. The third-order valence-corrected chi connectivity index (χ3v) is 6.63. The first-order chi connectivity index (χ1) is 18.9. The predicted molar refractivity (Wildman–Crippen MR) is 149 cm³/mol. The van der Waals surface area contributed by atoms with Gasteiger partial charge in [0.1, 0.15) is 23.0 Å². The predicted octanol–water partition coefficient (Wildman–Crippen LogP) is 5.15. The normalized spacial score (nSPS) is 18.4. The molecular weight excluding hydrogens is 539 g/mol. The average Bonchev–Trinajstić information content (AvgIpc) is 3.57. The van der Waals surface area contributed by atoms with Gasteiger partial charge in [-0.15, -0.1) is 5.10 Å². The number of hydrogen-bond acceptors (Lipinski definition) is 6. The largest absolute Gasteiger partial charge is 0.342 e. The number of nitrogens with zero attached hydrogens (tertiary/aromatic N) is 5. The van der Waals surface area contributed by atoms with Crippen molar-refractivity contribution in [3.63, 3.8) is 0 Å².